The zero-order valence-corrected chi connectivity index (χ0v) is 11.7. The van der Waals surface area contributed by atoms with Crippen molar-refractivity contribution in [3.8, 4) is 0 Å². The molecule has 1 aromatic rings. The van der Waals surface area contributed by atoms with Crippen molar-refractivity contribution in [2.45, 2.75) is 32.9 Å². The maximum atomic E-state index is 13.0. The van der Waals surface area contributed by atoms with Crippen LogP contribution in [0.3, 0.4) is 0 Å². The molecule has 0 unspecified atom stereocenters. The van der Waals surface area contributed by atoms with E-state index in [0.717, 1.165) is 25.1 Å². The minimum atomic E-state index is -0.368. The van der Waals surface area contributed by atoms with Crippen molar-refractivity contribution in [3.05, 3.63) is 34.6 Å². The van der Waals surface area contributed by atoms with Gasteiger partial charge in [0.05, 0.1) is 5.02 Å². The van der Waals surface area contributed by atoms with Gasteiger partial charge in [-0.2, -0.15) is 0 Å². The molecule has 0 saturated carbocycles. The summed E-state index contributed by atoms with van der Waals surface area (Å²) in [4.78, 5) is 2.30. The second-order valence-electron chi connectivity index (χ2n) is 4.36. The van der Waals surface area contributed by atoms with Gasteiger partial charge in [0.25, 0.3) is 0 Å². The molecule has 0 aliphatic rings. The van der Waals surface area contributed by atoms with Gasteiger partial charge in [0.15, 0.2) is 0 Å². The van der Waals surface area contributed by atoms with Crippen LogP contribution in [0.2, 0.25) is 5.02 Å². The Labute approximate surface area is 113 Å². The van der Waals surface area contributed by atoms with Crippen molar-refractivity contribution < 1.29 is 4.39 Å². The summed E-state index contributed by atoms with van der Waals surface area (Å²) in [7, 11) is 0. The van der Waals surface area contributed by atoms with Gasteiger partial charge in [-0.15, -0.1) is 11.6 Å². The number of alkyl halides is 1. The van der Waals surface area contributed by atoms with Gasteiger partial charge in [-0.3, -0.25) is 4.90 Å². The molecule has 0 amide bonds. The Morgan fingerprint density at radius 2 is 2.06 bits per heavy atom. The van der Waals surface area contributed by atoms with E-state index in [1.165, 1.54) is 6.07 Å². The molecule has 0 aliphatic carbocycles. The van der Waals surface area contributed by atoms with Crippen LogP contribution in [0.1, 0.15) is 25.8 Å². The van der Waals surface area contributed by atoms with Gasteiger partial charge in [-0.25, -0.2) is 4.39 Å². The normalized spacial score (nSPS) is 11.5. The van der Waals surface area contributed by atoms with Gasteiger partial charge in [-0.1, -0.05) is 17.7 Å². The zero-order valence-electron chi connectivity index (χ0n) is 10.2. The average molecular weight is 278 g/mol. The molecule has 0 N–H and O–H groups in total. The molecule has 0 heterocycles. The van der Waals surface area contributed by atoms with Gasteiger partial charge >= 0.3 is 0 Å². The van der Waals surface area contributed by atoms with Crippen LogP contribution in [0.15, 0.2) is 18.2 Å². The first-order valence-corrected chi connectivity index (χ1v) is 6.69. The van der Waals surface area contributed by atoms with Crippen molar-refractivity contribution in [2.24, 2.45) is 0 Å². The van der Waals surface area contributed by atoms with Crippen LogP contribution in [0, 0.1) is 5.82 Å². The first kappa shape index (κ1) is 14.7. The van der Waals surface area contributed by atoms with E-state index < -0.39 is 0 Å². The molecule has 0 atom stereocenters. The highest BCUT2D eigenvalue weighted by Crippen LogP contribution is 2.18. The van der Waals surface area contributed by atoms with Crippen molar-refractivity contribution in [1.82, 2.24) is 4.90 Å². The Bertz CT molecular complexity index is 355. The van der Waals surface area contributed by atoms with Gasteiger partial charge in [0.2, 0.25) is 0 Å². The number of hydrogen-bond acceptors (Lipinski definition) is 1. The monoisotopic (exact) mass is 277 g/mol. The van der Waals surface area contributed by atoms with Crippen LogP contribution in [-0.4, -0.2) is 23.4 Å². The fourth-order valence-electron chi connectivity index (χ4n) is 1.66. The third kappa shape index (κ3) is 4.82. The fourth-order valence-corrected chi connectivity index (χ4v) is 1.98. The van der Waals surface area contributed by atoms with E-state index in [4.69, 9.17) is 23.2 Å². The topological polar surface area (TPSA) is 3.24 Å². The molecule has 1 aromatic carbocycles. The lowest BCUT2D eigenvalue weighted by Gasteiger charge is -2.26. The molecule has 1 rings (SSSR count). The summed E-state index contributed by atoms with van der Waals surface area (Å²) in [5.41, 5.74) is 1.03. The average Bonchev–Trinajstić information content (AvgIpc) is 2.28. The van der Waals surface area contributed by atoms with Crippen LogP contribution in [0.5, 0.6) is 0 Å². The highest BCUT2D eigenvalue weighted by Gasteiger charge is 2.10. The highest BCUT2D eigenvalue weighted by molar-refractivity contribution is 6.30. The molecule has 0 bridgehead atoms. The van der Waals surface area contributed by atoms with Gasteiger partial charge in [0.1, 0.15) is 5.82 Å². The SMILES string of the molecule is CC(C)N(CCCCl)Cc1ccc(F)c(Cl)c1. The lowest BCUT2D eigenvalue weighted by molar-refractivity contribution is 0.213. The number of nitrogens with zero attached hydrogens (tertiary/aromatic N) is 1. The summed E-state index contributed by atoms with van der Waals surface area (Å²) < 4.78 is 13.0. The lowest BCUT2D eigenvalue weighted by atomic mass is 10.2. The third-order valence-electron chi connectivity index (χ3n) is 2.68. The fraction of sp³-hybridized carbons (Fsp3) is 0.538. The second kappa shape index (κ2) is 7.20. The second-order valence-corrected chi connectivity index (χ2v) is 5.14. The van der Waals surface area contributed by atoms with Crippen LogP contribution in [-0.2, 0) is 6.54 Å². The molecule has 0 saturated heterocycles. The molecule has 96 valence electrons. The van der Waals surface area contributed by atoms with Crippen LogP contribution in [0.4, 0.5) is 4.39 Å². The smallest absolute Gasteiger partial charge is 0.141 e. The largest absolute Gasteiger partial charge is 0.297 e. The molecule has 0 radical (unpaired) electrons. The molecular formula is C13H18Cl2FN. The molecule has 4 heteroatoms. The number of benzene rings is 1. The maximum absolute atomic E-state index is 13.0. The van der Waals surface area contributed by atoms with E-state index in [1.54, 1.807) is 12.1 Å². The minimum absolute atomic E-state index is 0.184. The van der Waals surface area contributed by atoms with E-state index in [9.17, 15) is 4.39 Å². The molecule has 17 heavy (non-hydrogen) atoms. The Morgan fingerprint density at radius 1 is 1.35 bits per heavy atom. The molecular weight excluding hydrogens is 260 g/mol. The van der Waals surface area contributed by atoms with Crippen LogP contribution < -0.4 is 0 Å². The Balaban J connectivity index is 2.68. The number of halogens is 3. The van der Waals surface area contributed by atoms with Gasteiger partial charge < -0.3 is 0 Å². The maximum Gasteiger partial charge on any atom is 0.141 e. The van der Waals surface area contributed by atoms with Crippen molar-refractivity contribution in [1.29, 1.82) is 0 Å². The Hall–Kier alpha value is -0.310. The first-order valence-electron chi connectivity index (χ1n) is 5.78. The lowest BCUT2D eigenvalue weighted by Crippen LogP contribution is -2.31. The van der Waals surface area contributed by atoms with Crippen LogP contribution >= 0.6 is 23.2 Å². The summed E-state index contributed by atoms with van der Waals surface area (Å²) in [6.45, 7) is 5.99. The molecule has 0 aromatic heterocycles. The number of hydrogen-bond donors (Lipinski definition) is 0. The summed E-state index contributed by atoms with van der Waals surface area (Å²) >= 11 is 11.5. The standard InChI is InChI=1S/C13H18Cl2FN/c1-10(2)17(7-3-6-14)9-11-4-5-13(16)12(15)8-11/h4-5,8,10H,3,6-7,9H2,1-2H3. The zero-order chi connectivity index (χ0) is 12.8. The van der Waals surface area contributed by atoms with Crippen molar-refractivity contribution >= 4 is 23.2 Å². The van der Waals surface area contributed by atoms with Gasteiger partial charge in [0, 0.05) is 18.5 Å². The first-order chi connectivity index (χ1) is 8.04. The molecule has 0 spiro atoms. The molecule has 0 fully saturated rings. The summed E-state index contributed by atoms with van der Waals surface area (Å²) in [6, 6.07) is 5.31. The van der Waals surface area contributed by atoms with Crippen molar-refractivity contribution in [2.75, 3.05) is 12.4 Å². The minimum Gasteiger partial charge on any atom is -0.297 e. The summed E-state index contributed by atoms with van der Waals surface area (Å²) in [5.74, 6) is 0.292. The quantitative estimate of drug-likeness (QED) is 0.700. The number of rotatable bonds is 6. The van der Waals surface area contributed by atoms with Gasteiger partial charge in [-0.05, 0) is 44.5 Å². The van der Waals surface area contributed by atoms with E-state index in [1.807, 2.05) is 0 Å². The van der Waals surface area contributed by atoms with Crippen molar-refractivity contribution in [3.63, 3.8) is 0 Å². The van der Waals surface area contributed by atoms with Crippen LogP contribution in [0.25, 0.3) is 0 Å². The third-order valence-corrected chi connectivity index (χ3v) is 3.24. The summed E-state index contributed by atoms with van der Waals surface area (Å²) in [5, 5.41) is 0.184. The molecule has 0 aliphatic heterocycles. The predicted molar refractivity (Wildman–Crippen MR) is 72.3 cm³/mol. The van der Waals surface area contributed by atoms with E-state index in [-0.39, 0.29) is 10.8 Å². The van der Waals surface area contributed by atoms with E-state index in [0.29, 0.717) is 11.9 Å². The van der Waals surface area contributed by atoms with E-state index in [2.05, 4.69) is 18.7 Å². The predicted octanol–water partition coefficient (Wildman–Crippen LogP) is 4.32. The Morgan fingerprint density at radius 3 is 2.59 bits per heavy atom. The molecule has 1 nitrogen and oxygen atoms in total. The Kier molecular flexibility index (Phi) is 6.24. The highest BCUT2D eigenvalue weighted by atomic mass is 35.5. The van der Waals surface area contributed by atoms with E-state index >= 15 is 0 Å². The summed E-state index contributed by atoms with van der Waals surface area (Å²) in [6.07, 6.45) is 0.953.